The molecule has 322 valence electrons. The zero-order chi connectivity index (χ0) is 43.1. The summed E-state index contributed by atoms with van der Waals surface area (Å²) in [6, 6.07) is 6.47. The van der Waals surface area contributed by atoms with Gasteiger partial charge in [-0.05, 0) is 83.3 Å². The number of pyridine rings is 1. The van der Waals surface area contributed by atoms with Crippen LogP contribution in [0.3, 0.4) is 0 Å². The van der Waals surface area contributed by atoms with Crippen molar-refractivity contribution in [2.75, 3.05) is 25.1 Å². The van der Waals surface area contributed by atoms with Crippen LogP contribution in [0.5, 0.6) is 11.5 Å². The number of hydrogen-bond acceptors (Lipinski definition) is 12. The standard InChI is InChI=1S/C44H61N4O9PS/c1-10-27-21-44(27,58(53,54)25-43(7,8)52)22-37(49)36-18-30(23-48(36)40(51)32(42(4,5)6)19-39(50)57-28-13-11-12-14-28)56-38-20-34(35-24-59-41(47-35)45-26(2)3)46-33-17-29(55-9)15-16-31(33)38/h10,15-17,20,24,26-28,30,32,36,52H,1,11-14,18-19,21-23,25H2,2-9H3,(H,45,47)(H,53,54)/t27-,30-,32-,36+,44-/m1/s1. The first-order valence-electron chi connectivity index (χ1n) is 20.7. The van der Waals surface area contributed by atoms with Gasteiger partial charge in [-0.1, -0.05) is 26.8 Å². The number of esters is 1. The second-order valence-electron chi connectivity index (χ2n) is 18.7. The van der Waals surface area contributed by atoms with Gasteiger partial charge in [0, 0.05) is 41.8 Å². The molecule has 3 fully saturated rings. The van der Waals surface area contributed by atoms with Crippen molar-refractivity contribution in [1.29, 1.82) is 0 Å². The Morgan fingerprint density at radius 3 is 2.42 bits per heavy atom. The summed E-state index contributed by atoms with van der Waals surface area (Å²) in [6.07, 6.45) is 3.91. The fraction of sp³-hybridized carbons (Fsp3) is 0.614. The Labute approximate surface area is 351 Å². The zero-order valence-electron chi connectivity index (χ0n) is 35.7. The number of thiazole rings is 1. The highest BCUT2D eigenvalue weighted by Gasteiger charge is 2.66. The number of hydrogen-bond donors (Lipinski definition) is 3. The highest BCUT2D eigenvalue weighted by molar-refractivity contribution is 7.60. The highest BCUT2D eigenvalue weighted by atomic mass is 32.1. The fourth-order valence-electron chi connectivity index (χ4n) is 8.67. The van der Waals surface area contributed by atoms with Gasteiger partial charge in [0.25, 0.3) is 0 Å². The molecule has 2 saturated carbocycles. The first-order valence-corrected chi connectivity index (χ1v) is 23.4. The molecule has 1 aliphatic heterocycles. The number of nitrogens with zero attached hydrogens (tertiary/aromatic N) is 3. The number of Topliss-reactive ketones (excluding diaryl/α,β-unsaturated/α-hetero) is 1. The Hall–Kier alpha value is -3.84. The predicted octanol–water partition coefficient (Wildman–Crippen LogP) is 8.02. The monoisotopic (exact) mass is 852 g/mol. The molecule has 2 aliphatic carbocycles. The minimum Gasteiger partial charge on any atom is -0.497 e. The van der Waals surface area contributed by atoms with E-state index in [1.165, 1.54) is 30.1 Å². The molecule has 3 aliphatic rings. The van der Waals surface area contributed by atoms with Crippen molar-refractivity contribution >= 4 is 52.4 Å². The molecule has 13 nitrogen and oxygen atoms in total. The molecule has 3 N–H and O–H groups in total. The second-order valence-corrected chi connectivity index (χ2v) is 22.2. The third-order valence-electron chi connectivity index (χ3n) is 11.8. The molecule has 0 bridgehead atoms. The Morgan fingerprint density at radius 2 is 1.81 bits per heavy atom. The van der Waals surface area contributed by atoms with Gasteiger partial charge in [0.1, 0.15) is 29.4 Å². The normalized spacial score (nSPS) is 23.8. The zero-order valence-corrected chi connectivity index (χ0v) is 37.4. The van der Waals surface area contributed by atoms with Gasteiger partial charge in [0.05, 0.1) is 60.2 Å². The topological polar surface area (TPSA) is 177 Å². The average molecular weight is 853 g/mol. The van der Waals surface area contributed by atoms with Crippen LogP contribution in [-0.2, 0) is 23.7 Å². The Bertz CT molecular complexity index is 2100. The number of aromatic nitrogens is 2. The molecule has 6 atom stereocenters. The van der Waals surface area contributed by atoms with Gasteiger partial charge in [-0.3, -0.25) is 18.9 Å². The minimum atomic E-state index is -4.11. The quantitative estimate of drug-likeness (QED) is 0.0678. The SMILES string of the molecule is C=C[C@@H]1C[C@]1(CC(=O)[C@@H]1C[C@@H](Oc2cc(-c3csc(NC(C)C)n3)nc3cc(OC)ccc23)CN1C(=O)[C@@H](CC(=O)OC1CCCC1)C(C)(C)C)P(=O)(O)CC(C)(C)O. The van der Waals surface area contributed by atoms with Crippen molar-refractivity contribution in [2.24, 2.45) is 17.3 Å². The van der Waals surface area contributed by atoms with E-state index in [2.05, 4.69) is 11.9 Å². The van der Waals surface area contributed by atoms with Crippen molar-refractivity contribution in [3.05, 3.63) is 42.3 Å². The fourth-order valence-corrected chi connectivity index (χ4v) is 12.4. The summed E-state index contributed by atoms with van der Waals surface area (Å²) in [4.78, 5) is 65.6. The lowest BCUT2D eigenvalue weighted by molar-refractivity contribution is -0.156. The smallest absolute Gasteiger partial charge is 0.306 e. The van der Waals surface area contributed by atoms with Crippen LogP contribution in [0, 0.1) is 17.3 Å². The van der Waals surface area contributed by atoms with Gasteiger partial charge in [-0.15, -0.1) is 17.9 Å². The molecule has 1 saturated heterocycles. The summed E-state index contributed by atoms with van der Waals surface area (Å²) < 4.78 is 32.2. The van der Waals surface area contributed by atoms with Gasteiger partial charge in [0.2, 0.25) is 13.3 Å². The Morgan fingerprint density at radius 1 is 1.10 bits per heavy atom. The van der Waals surface area contributed by atoms with Crippen molar-refractivity contribution in [2.45, 2.75) is 135 Å². The van der Waals surface area contributed by atoms with Gasteiger partial charge >= 0.3 is 5.97 Å². The second kappa shape index (κ2) is 17.3. The molecule has 3 aromatic rings. The lowest BCUT2D eigenvalue weighted by atomic mass is 9.77. The summed E-state index contributed by atoms with van der Waals surface area (Å²) >= 11 is 1.46. The van der Waals surface area contributed by atoms with E-state index in [4.69, 9.17) is 24.2 Å². The van der Waals surface area contributed by atoms with Crippen LogP contribution < -0.4 is 14.8 Å². The molecular formula is C44H61N4O9PS. The van der Waals surface area contributed by atoms with E-state index in [-0.39, 0.29) is 62.2 Å². The van der Waals surface area contributed by atoms with E-state index >= 15 is 0 Å². The molecule has 0 radical (unpaired) electrons. The molecule has 1 aromatic carbocycles. The molecule has 3 heterocycles. The van der Waals surface area contributed by atoms with Gasteiger partial charge in [-0.2, -0.15) is 0 Å². The van der Waals surface area contributed by atoms with E-state index < -0.39 is 53.5 Å². The average Bonchev–Trinajstić information content (AvgIpc) is 3.54. The maximum atomic E-state index is 14.9. The van der Waals surface area contributed by atoms with Gasteiger partial charge in [0.15, 0.2) is 10.9 Å². The molecule has 59 heavy (non-hydrogen) atoms. The van der Waals surface area contributed by atoms with Crippen LogP contribution in [0.1, 0.15) is 99.8 Å². The number of likely N-dealkylation sites (tertiary alicyclic amines) is 1. The molecular weight excluding hydrogens is 792 g/mol. The number of anilines is 1. The van der Waals surface area contributed by atoms with Crippen LogP contribution in [0.15, 0.2) is 42.3 Å². The maximum absolute atomic E-state index is 14.9. The van der Waals surface area contributed by atoms with E-state index in [1.54, 1.807) is 13.2 Å². The number of methoxy groups -OCH3 is 1. The molecule has 6 rings (SSSR count). The number of ether oxygens (including phenoxy) is 3. The van der Waals surface area contributed by atoms with Crippen molar-refractivity contribution in [3.8, 4) is 22.9 Å². The molecule has 0 spiro atoms. The number of amides is 1. The molecule has 1 unspecified atom stereocenters. The number of allylic oxidation sites excluding steroid dienone is 1. The number of fused-ring (bicyclic) bond motifs is 1. The van der Waals surface area contributed by atoms with Crippen LogP contribution in [0.4, 0.5) is 5.13 Å². The maximum Gasteiger partial charge on any atom is 0.306 e. The largest absolute Gasteiger partial charge is 0.497 e. The third kappa shape index (κ3) is 10.2. The molecule has 15 heteroatoms. The summed E-state index contributed by atoms with van der Waals surface area (Å²) in [5.74, 6) is -1.34. The van der Waals surface area contributed by atoms with Gasteiger partial charge < -0.3 is 34.4 Å². The van der Waals surface area contributed by atoms with Crippen LogP contribution in [-0.4, -0.2) is 97.4 Å². The summed E-state index contributed by atoms with van der Waals surface area (Å²) in [5, 5.41) is 16.0. The summed E-state index contributed by atoms with van der Waals surface area (Å²) in [5.41, 5.74) is -0.308. The van der Waals surface area contributed by atoms with E-state index in [9.17, 15) is 28.9 Å². The first kappa shape index (κ1) is 44.7. The number of aliphatic hydroxyl groups is 1. The number of ketones is 1. The molecule has 2 aromatic heterocycles. The van der Waals surface area contributed by atoms with E-state index in [0.29, 0.717) is 33.8 Å². The number of carbonyl (C=O) groups excluding carboxylic acids is 3. The van der Waals surface area contributed by atoms with E-state index in [1.807, 2.05) is 64.3 Å². The van der Waals surface area contributed by atoms with Crippen LogP contribution >= 0.6 is 18.7 Å². The number of rotatable bonds is 17. The predicted molar refractivity (Wildman–Crippen MR) is 230 cm³/mol. The summed E-state index contributed by atoms with van der Waals surface area (Å²) in [7, 11) is -2.53. The van der Waals surface area contributed by atoms with Crippen molar-refractivity contribution in [3.63, 3.8) is 0 Å². The number of carbonyl (C=O) groups is 3. The van der Waals surface area contributed by atoms with Crippen molar-refractivity contribution in [1.82, 2.24) is 14.9 Å². The Kier molecular flexibility index (Phi) is 13.1. The number of nitrogens with one attached hydrogen (secondary N) is 1. The van der Waals surface area contributed by atoms with Crippen LogP contribution in [0.25, 0.3) is 22.3 Å². The Balaban J connectivity index is 1.35. The van der Waals surface area contributed by atoms with Crippen molar-refractivity contribution < 1.29 is 43.2 Å². The lowest BCUT2D eigenvalue weighted by Crippen LogP contribution is -2.48. The summed E-state index contributed by atoms with van der Waals surface area (Å²) in [6.45, 7) is 16.6. The molecule has 1 amide bonds. The lowest BCUT2D eigenvalue weighted by Gasteiger charge is -2.35. The first-order chi connectivity index (χ1) is 27.6. The minimum absolute atomic E-state index is 0.0340. The highest BCUT2D eigenvalue weighted by Crippen LogP contribution is 2.73. The number of benzene rings is 1. The van der Waals surface area contributed by atoms with E-state index in [0.717, 1.165) is 30.8 Å². The van der Waals surface area contributed by atoms with Gasteiger partial charge in [-0.25, -0.2) is 9.97 Å². The third-order valence-corrected chi connectivity index (χ3v) is 15.9. The van der Waals surface area contributed by atoms with Crippen LogP contribution in [0.2, 0.25) is 0 Å².